The lowest BCUT2D eigenvalue weighted by molar-refractivity contribution is 0.101. The number of rotatable bonds is 3. The second kappa shape index (κ2) is 4.08. The van der Waals surface area contributed by atoms with Gasteiger partial charge in [0.1, 0.15) is 0 Å². The van der Waals surface area contributed by atoms with Crippen molar-refractivity contribution in [2.75, 3.05) is 12.4 Å². The fourth-order valence-corrected chi connectivity index (χ4v) is 1.32. The van der Waals surface area contributed by atoms with Crippen LogP contribution in [-0.2, 0) is 6.42 Å². The minimum Gasteiger partial charge on any atom is -0.388 e. The Bertz CT molecular complexity index is 318. The van der Waals surface area contributed by atoms with E-state index in [1.165, 1.54) is 5.56 Å². The standard InChI is InChI=1S/C11H15NO/c1-4-9-5-6-11(12-3)10(7-9)8(2)13/h5-7,12H,4H2,1-3H3. The molecule has 0 atom stereocenters. The van der Waals surface area contributed by atoms with Gasteiger partial charge in [0.25, 0.3) is 0 Å². The summed E-state index contributed by atoms with van der Waals surface area (Å²) in [5.41, 5.74) is 2.88. The average Bonchev–Trinajstić information content (AvgIpc) is 2.16. The highest BCUT2D eigenvalue weighted by molar-refractivity contribution is 5.99. The number of hydrogen-bond donors (Lipinski definition) is 1. The highest BCUT2D eigenvalue weighted by atomic mass is 16.1. The molecule has 0 spiro atoms. The number of hydrogen-bond acceptors (Lipinski definition) is 2. The van der Waals surface area contributed by atoms with Crippen molar-refractivity contribution in [3.63, 3.8) is 0 Å². The van der Waals surface area contributed by atoms with E-state index in [4.69, 9.17) is 0 Å². The van der Waals surface area contributed by atoms with Crippen molar-refractivity contribution in [3.8, 4) is 0 Å². The second-order valence-corrected chi connectivity index (χ2v) is 3.04. The molecule has 0 aromatic heterocycles. The van der Waals surface area contributed by atoms with Crippen LogP contribution in [0.5, 0.6) is 0 Å². The lowest BCUT2D eigenvalue weighted by Gasteiger charge is -2.07. The molecule has 1 aromatic rings. The topological polar surface area (TPSA) is 29.1 Å². The Kier molecular flexibility index (Phi) is 3.07. The molecule has 0 heterocycles. The van der Waals surface area contributed by atoms with Gasteiger partial charge in [-0.3, -0.25) is 4.79 Å². The van der Waals surface area contributed by atoms with E-state index in [2.05, 4.69) is 12.2 Å². The molecular weight excluding hydrogens is 162 g/mol. The molecule has 0 saturated heterocycles. The molecule has 2 nitrogen and oxygen atoms in total. The Morgan fingerprint density at radius 1 is 1.46 bits per heavy atom. The third-order valence-corrected chi connectivity index (χ3v) is 2.14. The summed E-state index contributed by atoms with van der Waals surface area (Å²) < 4.78 is 0. The SMILES string of the molecule is CCc1ccc(NC)c(C(C)=O)c1. The van der Waals surface area contributed by atoms with E-state index in [1.54, 1.807) is 6.92 Å². The van der Waals surface area contributed by atoms with Gasteiger partial charge in [-0.25, -0.2) is 0 Å². The first-order valence-corrected chi connectivity index (χ1v) is 4.50. The fourth-order valence-electron chi connectivity index (χ4n) is 1.32. The number of carbonyl (C=O) groups is 1. The van der Waals surface area contributed by atoms with Gasteiger partial charge < -0.3 is 5.32 Å². The number of ketones is 1. The monoisotopic (exact) mass is 177 g/mol. The summed E-state index contributed by atoms with van der Waals surface area (Å²) in [7, 11) is 1.83. The molecule has 0 bridgehead atoms. The van der Waals surface area contributed by atoms with E-state index in [0.29, 0.717) is 0 Å². The van der Waals surface area contributed by atoms with Crippen LogP contribution in [0.4, 0.5) is 5.69 Å². The Hall–Kier alpha value is -1.31. The number of aryl methyl sites for hydroxylation is 1. The third-order valence-electron chi connectivity index (χ3n) is 2.14. The van der Waals surface area contributed by atoms with E-state index in [-0.39, 0.29) is 5.78 Å². The first-order valence-electron chi connectivity index (χ1n) is 4.50. The van der Waals surface area contributed by atoms with E-state index < -0.39 is 0 Å². The van der Waals surface area contributed by atoms with Gasteiger partial charge in [0.2, 0.25) is 0 Å². The Morgan fingerprint density at radius 3 is 2.62 bits per heavy atom. The maximum atomic E-state index is 11.3. The van der Waals surface area contributed by atoms with Crippen LogP contribution in [0.2, 0.25) is 0 Å². The molecule has 0 aliphatic heterocycles. The van der Waals surface area contributed by atoms with Crippen LogP contribution in [0.15, 0.2) is 18.2 Å². The third kappa shape index (κ3) is 2.08. The largest absolute Gasteiger partial charge is 0.388 e. The molecular formula is C11H15NO. The summed E-state index contributed by atoms with van der Waals surface area (Å²) in [5, 5.41) is 3.01. The molecule has 0 fully saturated rings. The number of Topliss-reactive ketones (excluding diaryl/α,β-unsaturated/α-hetero) is 1. The molecule has 0 amide bonds. The minimum atomic E-state index is 0.111. The van der Waals surface area contributed by atoms with Gasteiger partial charge in [0.05, 0.1) is 0 Å². The fraction of sp³-hybridized carbons (Fsp3) is 0.364. The lowest BCUT2D eigenvalue weighted by Crippen LogP contribution is -2.01. The van der Waals surface area contributed by atoms with Crippen LogP contribution in [0.25, 0.3) is 0 Å². The summed E-state index contributed by atoms with van der Waals surface area (Å²) in [6, 6.07) is 5.95. The molecule has 0 aliphatic carbocycles. The molecule has 0 saturated carbocycles. The first-order chi connectivity index (χ1) is 6.19. The molecule has 2 heteroatoms. The Labute approximate surface area is 79.0 Å². The van der Waals surface area contributed by atoms with Crippen molar-refractivity contribution in [1.82, 2.24) is 0 Å². The molecule has 0 aliphatic rings. The normalized spacial score (nSPS) is 9.77. The van der Waals surface area contributed by atoms with Crippen LogP contribution in [0.3, 0.4) is 0 Å². The predicted molar refractivity (Wildman–Crippen MR) is 55.4 cm³/mol. The van der Waals surface area contributed by atoms with Crippen LogP contribution in [-0.4, -0.2) is 12.8 Å². The van der Waals surface area contributed by atoms with E-state index in [1.807, 2.05) is 25.2 Å². The van der Waals surface area contributed by atoms with Gasteiger partial charge >= 0.3 is 0 Å². The average molecular weight is 177 g/mol. The molecule has 1 aromatic carbocycles. The molecule has 70 valence electrons. The summed E-state index contributed by atoms with van der Waals surface area (Å²) in [6.07, 6.45) is 0.963. The number of nitrogens with one attached hydrogen (secondary N) is 1. The van der Waals surface area contributed by atoms with Crippen LogP contribution in [0.1, 0.15) is 29.8 Å². The van der Waals surface area contributed by atoms with E-state index in [9.17, 15) is 4.79 Å². The second-order valence-electron chi connectivity index (χ2n) is 3.04. The zero-order chi connectivity index (χ0) is 9.84. The van der Waals surface area contributed by atoms with Gasteiger partial charge in [-0.15, -0.1) is 0 Å². The number of carbonyl (C=O) groups excluding carboxylic acids is 1. The summed E-state index contributed by atoms with van der Waals surface area (Å²) >= 11 is 0. The highest BCUT2D eigenvalue weighted by Gasteiger charge is 2.05. The summed E-state index contributed by atoms with van der Waals surface area (Å²) in [4.78, 5) is 11.3. The van der Waals surface area contributed by atoms with Crippen molar-refractivity contribution < 1.29 is 4.79 Å². The molecule has 1 rings (SSSR count). The van der Waals surface area contributed by atoms with Crippen molar-refractivity contribution in [3.05, 3.63) is 29.3 Å². The molecule has 0 unspecified atom stereocenters. The van der Waals surface area contributed by atoms with Crippen molar-refractivity contribution in [1.29, 1.82) is 0 Å². The van der Waals surface area contributed by atoms with Crippen molar-refractivity contribution in [2.45, 2.75) is 20.3 Å². The zero-order valence-corrected chi connectivity index (χ0v) is 8.35. The molecule has 1 N–H and O–H groups in total. The van der Waals surface area contributed by atoms with Gasteiger partial charge in [0, 0.05) is 18.3 Å². The van der Waals surface area contributed by atoms with Gasteiger partial charge in [-0.1, -0.05) is 13.0 Å². The number of benzene rings is 1. The Morgan fingerprint density at radius 2 is 2.15 bits per heavy atom. The van der Waals surface area contributed by atoms with Gasteiger partial charge in [-0.2, -0.15) is 0 Å². The lowest BCUT2D eigenvalue weighted by atomic mass is 10.0. The maximum absolute atomic E-state index is 11.3. The van der Waals surface area contributed by atoms with Crippen molar-refractivity contribution >= 4 is 11.5 Å². The van der Waals surface area contributed by atoms with Crippen LogP contribution < -0.4 is 5.32 Å². The van der Waals surface area contributed by atoms with Gasteiger partial charge in [-0.05, 0) is 31.0 Å². The summed E-state index contributed by atoms with van der Waals surface area (Å²) in [6.45, 7) is 3.67. The van der Waals surface area contributed by atoms with Gasteiger partial charge in [0.15, 0.2) is 5.78 Å². The van der Waals surface area contributed by atoms with Crippen molar-refractivity contribution in [2.24, 2.45) is 0 Å². The van der Waals surface area contributed by atoms with E-state index >= 15 is 0 Å². The number of anilines is 1. The quantitative estimate of drug-likeness (QED) is 0.719. The van der Waals surface area contributed by atoms with Crippen LogP contribution >= 0.6 is 0 Å². The molecule has 13 heavy (non-hydrogen) atoms. The Balaban J connectivity index is 3.18. The highest BCUT2D eigenvalue weighted by Crippen LogP contribution is 2.17. The minimum absolute atomic E-state index is 0.111. The maximum Gasteiger partial charge on any atom is 0.161 e. The first kappa shape index (κ1) is 9.78. The predicted octanol–water partition coefficient (Wildman–Crippen LogP) is 2.49. The van der Waals surface area contributed by atoms with Crippen LogP contribution in [0, 0.1) is 0 Å². The summed E-state index contributed by atoms with van der Waals surface area (Å²) in [5.74, 6) is 0.111. The molecule has 0 radical (unpaired) electrons. The smallest absolute Gasteiger partial charge is 0.161 e. The zero-order valence-electron chi connectivity index (χ0n) is 8.35. The van der Waals surface area contributed by atoms with E-state index in [0.717, 1.165) is 17.7 Å².